The van der Waals surface area contributed by atoms with Gasteiger partial charge in [-0.3, -0.25) is 24.2 Å². The maximum Gasteiger partial charge on any atom is 0.414 e. The van der Waals surface area contributed by atoms with Crippen molar-refractivity contribution in [2.24, 2.45) is 17.8 Å². The number of hydrogen-bond donors (Lipinski definition) is 5. The molecule has 4 heterocycles. The van der Waals surface area contributed by atoms with Gasteiger partial charge in [0.1, 0.15) is 24.2 Å². The van der Waals surface area contributed by atoms with Crippen LogP contribution in [0.3, 0.4) is 0 Å². The van der Waals surface area contributed by atoms with Crippen molar-refractivity contribution in [1.82, 2.24) is 20.5 Å². The Hall–Kier alpha value is -6.22. The number of phenolic OH excluding ortho intramolecular Hbond substituents is 1. The zero-order chi connectivity index (χ0) is 45.8. The second-order valence-corrected chi connectivity index (χ2v) is 17.9. The molecule has 5 aromatic rings. The molecule has 5 N–H and O–H groups in total. The third-order valence-electron chi connectivity index (χ3n) is 13.3. The molecular weight excluding hydrogens is 839 g/mol. The lowest BCUT2D eigenvalue weighted by Crippen LogP contribution is -2.53. The number of anilines is 1. The monoisotopic (exact) mass is 899 g/mol. The molecule has 4 fully saturated rings. The van der Waals surface area contributed by atoms with Crippen LogP contribution >= 0.6 is 0 Å². The van der Waals surface area contributed by atoms with Crippen LogP contribution in [-0.4, -0.2) is 90.0 Å². The molecule has 0 radical (unpaired) electrons. The van der Waals surface area contributed by atoms with Gasteiger partial charge in [0, 0.05) is 42.3 Å². The number of nitrogens with one attached hydrogen (secondary N) is 3. The van der Waals surface area contributed by atoms with E-state index in [0.717, 1.165) is 81.4 Å². The van der Waals surface area contributed by atoms with Crippen LogP contribution in [0.1, 0.15) is 84.5 Å². The minimum absolute atomic E-state index is 0.0510. The summed E-state index contributed by atoms with van der Waals surface area (Å²) in [7, 11) is 0. The van der Waals surface area contributed by atoms with Gasteiger partial charge >= 0.3 is 12.1 Å². The van der Waals surface area contributed by atoms with Crippen molar-refractivity contribution in [3.8, 4) is 11.5 Å². The molecular formula is C52H61N5O9. The van der Waals surface area contributed by atoms with Crippen molar-refractivity contribution in [1.29, 1.82) is 0 Å². The van der Waals surface area contributed by atoms with Gasteiger partial charge in [-0.05, 0) is 148 Å². The minimum atomic E-state index is -0.833. The molecule has 14 nitrogen and oxygen atoms in total. The number of aliphatic hydroxyl groups excluding tert-OH is 1. The number of aromatic hydroxyl groups is 1. The van der Waals surface area contributed by atoms with Gasteiger partial charge in [0.25, 0.3) is 5.91 Å². The normalized spacial score (nSPS) is 20.6. The van der Waals surface area contributed by atoms with Gasteiger partial charge in [0.05, 0.1) is 30.7 Å². The highest BCUT2D eigenvalue weighted by Gasteiger charge is 2.37. The molecule has 4 aliphatic rings. The summed E-state index contributed by atoms with van der Waals surface area (Å²) in [4.78, 5) is 57.9. The first-order chi connectivity index (χ1) is 32.2. The number of phenols is 1. The molecule has 4 aromatic carbocycles. The summed E-state index contributed by atoms with van der Waals surface area (Å²) < 4.78 is 17.9. The third kappa shape index (κ3) is 12.2. The van der Waals surface area contributed by atoms with Gasteiger partial charge in [-0.2, -0.15) is 0 Å². The van der Waals surface area contributed by atoms with Crippen molar-refractivity contribution >= 4 is 34.6 Å². The lowest BCUT2D eigenvalue weighted by molar-refractivity contribution is -0.150. The topological polar surface area (TPSA) is 183 Å². The largest absolute Gasteiger partial charge is 0.506 e. The Morgan fingerprint density at radius 2 is 1.64 bits per heavy atom. The van der Waals surface area contributed by atoms with Crippen molar-refractivity contribution in [2.45, 2.75) is 76.7 Å². The molecule has 0 spiro atoms. The Morgan fingerprint density at radius 3 is 2.39 bits per heavy atom. The number of H-pyrrole nitrogens is 1. The highest BCUT2D eigenvalue weighted by atomic mass is 16.6. The predicted molar refractivity (Wildman–Crippen MR) is 251 cm³/mol. The number of ether oxygens (including phenoxy) is 3. The lowest BCUT2D eigenvalue weighted by atomic mass is 9.82. The average molecular weight is 900 g/mol. The summed E-state index contributed by atoms with van der Waals surface area (Å²) in [6.07, 6.45) is 5.47. The number of fused-ring (bicyclic) bond motifs is 4. The Balaban J connectivity index is 0.705. The molecule has 3 saturated heterocycles. The maximum absolute atomic E-state index is 13.6. The quantitative estimate of drug-likeness (QED) is 0.0417. The highest BCUT2D eigenvalue weighted by molar-refractivity contribution is 5.94. The van der Waals surface area contributed by atoms with E-state index in [1.807, 2.05) is 66.7 Å². The fourth-order valence-electron chi connectivity index (χ4n) is 9.42. The molecule has 1 aromatic heterocycles. The molecule has 348 valence electrons. The number of piperidine rings is 3. The van der Waals surface area contributed by atoms with Crippen molar-refractivity contribution in [2.75, 3.05) is 50.8 Å². The molecule has 0 unspecified atom stereocenters. The van der Waals surface area contributed by atoms with Crippen LogP contribution in [0.5, 0.6) is 11.5 Å². The SMILES string of the molecule is O=C(NCC1CCC(C(=O)OCCCCNC[C@H](O)c2ccc(O)c3[nH]c(=O)ccc23)CC1)c1ccc(COc2cccc(CN(C(=O)O[C@H]3CN4CCC3CC4)c3ccccc3)c2)cc1. The summed E-state index contributed by atoms with van der Waals surface area (Å²) in [5, 5.41) is 27.7. The molecule has 2 atom stereocenters. The number of aliphatic hydroxyl groups is 1. The van der Waals surface area contributed by atoms with Crippen LogP contribution in [0.25, 0.3) is 10.9 Å². The number of benzene rings is 4. The summed E-state index contributed by atoms with van der Waals surface area (Å²) in [5.74, 6) is 0.902. The summed E-state index contributed by atoms with van der Waals surface area (Å²) in [6, 6.07) is 30.8. The first-order valence-corrected chi connectivity index (χ1v) is 23.4. The number of unbranched alkanes of at least 4 members (excludes halogenated alkanes) is 1. The number of aromatic amines is 1. The van der Waals surface area contributed by atoms with Gasteiger partial charge < -0.3 is 40.0 Å². The zero-order valence-electron chi connectivity index (χ0n) is 37.4. The second kappa shape index (κ2) is 22.3. The second-order valence-electron chi connectivity index (χ2n) is 17.9. The van der Waals surface area contributed by atoms with Crippen LogP contribution in [0.2, 0.25) is 0 Å². The number of hydrogen-bond acceptors (Lipinski definition) is 11. The number of carbonyl (C=O) groups excluding carboxylic acids is 3. The standard InChI is InChI=1S/C52H61N5O9/c58-45-21-19-43(44-20-22-48(60)55-49(44)45)46(59)31-53-25-4-5-28-64-51(62)40-17-11-35(12-18-40)30-54-50(61)39-15-13-36(14-16-39)34-65-42-10-6-7-37(29-42)32-57(41-8-2-1-3-9-41)52(63)66-47-33-56-26-23-38(47)24-27-56/h1-3,6-10,13-16,19-22,29,35,38,40,46-47,53,58-59H,4-5,11-12,17-18,23-28,30-34H2,(H,54,61)(H,55,60)/t35?,40?,46-,47-/m0/s1. The van der Waals surface area contributed by atoms with E-state index in [-0.39, 0.29) is 41.3 Å². The summed E-state index contributed by atoms with van der Waals surface area (Å²) in [5.41, 5.74) is 3.76. The van der Waals surface area contributed by atoms with E-state index in [0.29, 0.717) is 85.4 Å². The third-order valence-corrected chi connectivity index (χ3v) is 13.3. The molecule has 2 bridgehead atoms. The van der Waals surface area contributed by atoms with E-state index < -0.39 is 6.10 Å². The van der Waals surface area contributed by atoms with Crippen molar-refractivity contribution < 1.29 is 38.8 Å². The first-order valence-electron chi connectivity index (χ1n) is 23.4. The first kappa shape index (κ1) is 46.3. The van der Waals surface area contributed by atoms with E-state index in [9.17, 15) is 29.4 Å². The number of pyridine rings is 1. The molecule has 1 aliphatic carbocycles. The van der Waals surface area contributed by atoms with Crippen LogP contribution in [0, 0.1) is 17.8 Å². The summed E-state index contributed by atoms with van der Waals surface area (Å²) >= 11 is 0. The zero-order valence-corrected chi connectivity index (χ0v) is 37.4. The summed E-state index contributed by atoms with van der Waals surface area (Å²) in [6.45, 7) is 5.41. The predicted octanol–water partition coefficient (Wildman–Crippen LogP) is 7.23. The number of para-hydroxylation sites is 1. The molecule has 66 heavy (non-hydrogen) atoms. The Kier molecular flexibility index (Phi) is 15.7. The van der Waals surface area contributed by atoms with E-state index in [2.05, 4.69) is 20.5 Å². The fraction of sp³-hybridized carbons (Fsp3) is 0.423. The van der Waals surface area contributed by atoms with Gasteiger partial charge in [-0.15, -0.1) is 0 Å². The van der Waals surface area contributed by atoms with Crippen molar-refractivity contribution in [3.05, 3.63) is 136 Å². The molecule has 1 saturated carbocycles. The fourth-order valence-corrected chi connectivity index (χ4v) is 9.42. The number of esters is 1. The van der Waals surface area contributed by atoms with Gasteiger partial charge in [-0.25, -0.2) is 4.79 Å². The number of amides is 2. The number of aromatic nitrogens is 1. The molecule has 2 amide bonds. The Labute approximate surface area is 385 Å². The van der Waals surface area contributed by atoms with E-state index in [1.54, 1.807) is 29.2 Å². The van der Waals surface area contributed by atoms with Gasteiger partial charge in [0.2, 0.25) is 5.56 Å². The van der Waals surface area contributed by atoms with E-state index in [4.69, 9.17) is 14.2 Å². The maximum atomic E-state index is 13.6. The Bertz CT molecular complexity index is 2460. The van der Waals surface area contributed by atoms with Crippen LogP contribution in [-0.2, 0) is 27.4 Å². The molecule has 14 heteroatoms. The van der Waals surface area contributed by atoms with Crippen molar-refractivity contribution in [3.63, 3.8) is 0 Å². The van der Waals surface area contributed by atoms with Crippen LogP contribution < -0.4 is 25.8 Å². The van der Waals surface area contributed by atoms with Gasteiger partial charge in [0.15, 0.2) is 0 Å². The smallest absolute Gasteiger partial charge is 0.414 e. The van der Waals surface area contributed by atoms with E-state index in [1.165, 1.54) is 12.1 Å². The van der Waals surface area contributed by atoms with E-state index >= 15 is 0 Å². The average Bonchev–Trinajstić information content (AvgIpc) is 3.35. The minimum Gasteiger partial charge on any atom is -0.506 e. The molecule has 3 aliphatic heterocycles. The number of rotatable bonds is 19. The lowest BCUT2D eigenvalue weighted by Gasteiger charge is -2.44. The molecule has 9 rings (SSSR count). The van der Waals surface area contributed by atoms with Crippen LogP contribution in [0.15, 0.2) is 108 Å². The van der Waals surface area contributed by atoms with Gasteiger partial charge in [-0.1, -0.05) is 48.5 Å². The Morgan fingerprint density at radius 1 is 0.848 bits per heavy atom. The highest BCUT2D eigenvalue weighted by Crippen LogP contribution is 2.32. The van der Waals surface area contributed by atoms with Crippen LogP contribution in [0.4, 0.5) is 10.5 Å². The number of nitrogens with zero attached hydrogens (tertiary/aromatic N) is 2. The number of carbonyl (C=O) groups is 3.